The first kappa shape index (κ1) is 14.5. The molecule has 1 heterocycles. The number of hydrogen-bond acceptors (Lipinski definition) is 1. The van der Waals surface area contributed by atoms with E-state index in [2.05, 4.69) is 5.32 Å². The van der Waals surface area contributed by atoms with Gasteiger partial charge in [0.15, 0.2) is 0 Å². The Morgan fingerprint density at radius 3 is 0.778 bits per heavy atom. The molecule has 0 bridgehead atoms. The van der Waals surface area contributed by atoms with E-state index in [1.165, 1.54) is 32.4 Å². The lowest BCUT2D eigenvalue weighted by atomic mass is 10.2. The van der Waals surface area contributed by atoms with Crippen molar-refractivity contribution in [3.8, 4) is 0 Å². The topological polar surface area (TPSA) is 12.0 Å². The number of nitrogens with one attached hydrogen (secondary N) is 1. The van der Waals surface area contributed by atoms with E-state index in [0.29, 0.717) is 0 Å². The molecule has 3 rings (SSSR count). The molecule has 0 radical (unpaired) electrons. The summed E-state index contributed by atoms with van der Waals surface area (Å²) in [5.41, 5.74) is 0. The summed E-state index contributed by atoms with van der Waals surface area (Å²) >= 11 is 0. The predicted octanol–water partition coefficient (Wildman–Crippen LogP) is 4.13. The van der Waals surface area contributed by atoms with Gasteiger partial charge in [0.2, 0.25) is 0 Å². The fraction of sp³-hybridized carbons (Fsp3) is 0.294. The molecular weight excluding hydrogens is 218 g/mol. The van der Waals surface area contributed by atoms with Gasteiger partial charge in [-0.05, 0) is 25.9 Å². The van der Waals surface area contributed by atoms with Crippen molar-refractivity contribution >= 4 is 0 Å². The minimum atomic E-state index is 1.25. The molecule has 0 unspecified atom stereocenters. The highest BCUT2D eigenvalue weighted by Gasteiger charge is 1.93. The van der Waals surface area contributed by atoms with Gasteiger partial charge in [-0.25, -0.2) is 0 Å². The first-order valence-electron chi connectivity index (χ1n) is 6.71. The third-order valence-corrected chi connectivity index (χ3v) is 2.54. The molecule has 1 heteroatoms. The molecule has 0 atom stereocenters. The highest BCUT2D eigenvalue weighted by molar-refractivity contribution is 4.99. The Bertz CT molecular complexity index is 244. The van der Waals surface area contributed by atoms with Crippen LogP contribution in [-0.4, -0.2) is 13.1 Å². The molecule has 1 N–H and O–H groups in total. The summed E-state index contributed by atoms with van der Waals surface area (Å²) in [6.45, 7) is 2.50. The highest BCUT2D eigenvalue weighted by atomic mass is 14.9. The summed E-state index contributed by atoms with van der Waals surface area (Å²) in [4.78, 5) is 0. The van der Waals surface area contributed by atoms with Gasteiger partial charge >= 0.3 is 0 Å². The van der Waals surface area contributed by atoms with E-state index >= 15 is 0 Å². The van der Waals surface area contributed by atoms with Gasteiger partial charge in [-0.3, -0.25) is 0 Å². The minimum absolute atomic E-state index is 1.25. The standard InChI is InChI=1S/2C6H6.C5H11N/c3*1-2-4-6-5-3-1/h2*1-6H;6H,1-5H2. The maximum Gasteiger partial charge on any atom is -0.00489 e. The van der Waals surface area contributed by atoms with Crippen LogP contribution in [0.1, 0.15) is 19.3 Å². The predicted molar refractivity (Wildman–Crippen MR) is 79.6 cm³/mol. The van der Waals surface area contributed by atoms with Crippen LogP contribution in [0.5, 0.6) is 0 Å². The van der Waals surface area contributed by atoms with Crippen LogP contribution in [0.2, 0.25) is 0 Å². The molecule has 0 saturated carbocycles. The molecule has 2 aromatic rings. The summed E-state index contributed by atoms with van der Waals surface area (Å²) < 4.78 is 0. The van der Waals surface area contributed by atoms with Gasteiger partial charge in [0.1, 0.15) is 0 Å². The summed E-state index contributed by atoms with van der Waals surface area (Å²) in [7, 11) is 0. The van der Waals surface area contributed by atoms with Crippen LogP contribution < -0.4 is 5.32 Å². The van der Waals surface area contributed by atoms with E-state index in [4.69, 9.17) is 0 Å². The van der Waals surface area contributed by atoms with E-state index in [1.54, 1.807) is 0 Å². The molecule has 0 amide bonds. The summed E-state index contributed by atoms with van der Waals surface area (Å²) in [6, 6.07) is 24.0. The molecular formula is C17H23N. The van der Waals surface area contributed by atoms with Gasteiger partial charge < -0.3 is 5.32 Å². The van der Waals surface area contributed by atoms with Crippen LogP contribution in [0.4, 0.5) is 0 Å². The zero-order valence-electron chi connectivity index (χ0n) is 11.0. The zero-order chi connectivity index (χ0) is 12.7. The van der Waals surface area contributed by atoms with Gasteiger partial charge in [0.05, 0.1) is 0 Å². The monoisotopic (exact) mass is 241 g/mol. The van der Waals surface area contributed by atoms with Crippen molar-refractivity contribution in [1.29, 1.82) is 0 Å². The third kappa shape index (κ3) is 9.61. The molecule has 1 nitrogen and oxygen atoms in total. The van der Waals surface area contributed by atoms with Crippen LogP contribution >= 0.6 is 0 Å². The van der Waals surface area contributed by atoms with Crippen LogP contribution in [0, 0.1) is 0 Å². The lowest BCUT2D eigenvalue weighted by molar-refractivity contribution is 0.520. The number of rotatable bonds is 0. The number of benzene rings is 2. The quantitative estimate of drug-likeness (QED) is 0.731. The van der Waals surface area contributed by atoms with Crippen molar-refractivity contribution in [3.63, 3.8) is 0 Å². The summed E-state index contributed by atoms with van der Waals surface area (Å²) in [5, 5.41) is 3.28. The fourth-order valence-corrected chi connectivity index (χ4v) is 1.57. The zero-order valence-corrected chi connectivity index (χ0v) is 11.0. The Morgan fingerprint density at radius 2 is 0.667 bits per heavy atom. The molecule has 0 aromatic heterocycles. The molecule has 1 aliphatic heterocycles. The number of piperidine rings is 1. The largest absolute Gasteiger partial charge is 0.317 e. The van der Waals surface area contributed by atoms with Crippen molar-refractivity contribution in [2.45, 2.75) is 19.3 Å². The Labute approximate surface area is 111 Å². The van der Waals surface area contributed by atoms with Crippen molar-refractivity contribution in [2.75, 3.05) is 13.1 Å². The normalized spacial score (nSPS) is 13.3. The second-order valence-electron chi connectivity index (χ2n) is 4.12. The lowest BCUT2D eigenvalue weighted by Crippen LogP contribution is -2.21. The Balaban J connectivity index is 0.000000135. The molecule has 1 aliphatic rings. The lowest BCUT2D eigenvalue weighted by Gasteiger charge is -2.08. The average molecular weight is 241 g/mol. The fourth-order valence-electron chi connectivity index (χ4n) is 1.57. The summed E-state index contributed by atoms with van der Waals surface area (Å²) in [6.07, 6.45) is 4.22. The second-order valence-corrected chi connectivity index (χ2v) is 4.12. The van der Waals surface area contributed by atoms with E-state index in [0.717, 1.165) is 0 Å². The Kier molecular flexibility index (Phi) is 9.54. The van der Waals surface area contributed by atoms with Gasteiger partial charge in [0, 0.05) is 0 Å². The average Bonchev–Trinajstić information content (AvgIpc) is 2.54. The SMILES string of the molecule is C1CCNCC1.c1ccccc1.c1ccccc1. The summed E-state index contributed by atoms with van der Waals surface area (Å²) in [5.74, 6) is 0. The Hall–Kier alpha value is -1.60. The van der Waals surface area contributed by atoms with Gasteiger partial charge in [-0.1, -0.05) is 79.2 Å². The van der Waals surface area contributed by atoms with Crippen LogP contribution in [-0.2, 0) is 0 Å². The highest BCUT2D eigenvalue weighted by Crippen LogP contribution is 1.96. The first-order valence-corrected chi connectivity index (χ1v) is 6.71. The third-order valence-electron chi connectivity index (χ3n) is 2.54. The number of hydrogen-bond donors (Lipinski definition) is 1. The van der Waals surface area contributed by atoms with E-state index in [-0.39, 0.29) is 0 Å². The van der Waals surface area contributed by atoms with Crippen molar-refractivity contribution in [2.24, 2.45) is 0 Å². The van der Waals surface area contributed by atoms with Crippen LogP contribution in [0.3, 0.4) is 0 Å². The molecule has 1 saturated heterocycles. The smallest absolute Gasteiger partial charge is 0.00489 e. The molecule has 0 aliphatic carbocycles. The molecule has 2 aromatic carbocycles. The Morgan fingerprint density at radius 1 is 0.389 bits per heavy atom. The van der Waals surface area contributed by atoms with E-state index in [1.807, 2.05) is 72.8 Å². The van der Waals surface area contributed by atoms with Crippen LogP contribution in [0.25, 0.3) is 0 Å². The first-order chi connectivity index (χ1) is 9.00. The van der Waals surface area contributed by atoms with Crippen molar-refractivity contribution in [1.82, 2.24) is 5.32 Å². The molecule has 96 valence electrons. The molecule has 18 heavy (non-hydrogen) atoms. The molecule has 0 spiro atoms. The molecule has 1 fully saturated rings. The maximum absolute atomic E-state index is 3.28. The van der Waals surface area contributed by atoms with Crippen molar-refractivity contribution in [3.05, 3.63) is 72.8 Å². The van der Waals surface area contributed by atoms with Crippen molar-refractivity contribution < 1.29 is 0 Å². The van der Waals surface area contributed by atoms with Gasteiger partial charge in [0.25, 0.3) is 0 Å². The van der Waals surface area contributed by atoms with Crippen LogP contribution in [0.15, 0.2) is 72.8 Å². The van der Waals surface area contributed by atoms with Gasteiger partial charge in [-0.2, -0.15) is 0 Å². The minimum Gasteiger partial charge on any atom is -0.317 e. The second kappa shape index (κ2) is 11.9. The van der Waals surface area contributed by atoms with Gasteiger partial charge in [-0.15, -0.1) is 0 Å². The maximum atomic E-state index is 3.28. The van der Waals surface area contributed by atoms with E-state index in [9.17, 15) is 0 Å². The van der Waals surface area contributed by atoms with E-state index < -0.39 is 0 Å².